The first-order valence-electron chi connectivity index (χ1n) is 7.72. The van der Waals surface area contributed by atoms with E-state index < -0.39 is 0 Å². The normalized spacial score (nSPS) is 12.5. The van der Waals surface area contributed by atoms with E-state index in [0.29, 0.717) is 12.1 Å². The number of benzene rings is 2. The Labute approximate surface area is 144 Å². The van der Waals surface area contributed by atoms with Gasteiger partial charge in [0.15, 0.2) is 0 Å². The highest BCUT2D eigenvalue weighted by atomic mass is 32.1. The quantitative estimate of drug-likeness (QED) is 0.758. The summed E-state index contributed by atoms with van der Waals surface area (Å²) in [6, 6.07) is 14.3. The second-order valence-corrected chi connectivity index (χ2v) is 6.80. The van der Waals surface area contributed by atoms with Crippen molar-refractivity contribution in [2.24, 2.45) is 0 Å². The van der Waals surface area contributed by atoms with Gasteiger partial charge in [-0.15, -0.1) is 11.3 Å². The molecule has 0 aliphatic heterocycles. The van der Waals surface area contributed by atoms with Gasteiger partial charge in [-0.05, 0) is 37.9 Å². The number of rotatable bonds is 5. The Balaban J connectivity index is 1.76. The highest BCUT2D eigenvalue weighted by Gasteiger charge is 2.18. The molecule has 1 atom stereocenters. The molecule has 0 bridgehead atoms. The fraction of sp³-hybridized carbons (Fsp3) is 0.211. The van der Waals surface area contributed by atoms with Crippen LogP contribution in [0, 0.1) is 5.82 Å². The lowest BCUT2D eigenvalue weighted by Gasteiger charge is -2.25. The molecule has 5 heteroatoms. The Morgan fingerprint density at radius 2 is 2.00 bits per heavy atom. The molecule has 124 valence electrons. The molecular formula is C19H19FN2OS. The lowest BCUT2D eigenvalue weighted by Crippen LogP contribution is -2.34. The summed E-state index contributed by atoms with van der Waals surface area (Å²) in [7, 11) is 3.84. The van der Waals surface area contributed by atoms with Gasteiger partial charge < -0.3 is 10.2 Å². The highest BCUT2D eigenvalue weighted by molar-refractivity contribution is 7.17. The van der Waals surface area contributed by atoms with Crippen molar-refractivity contribution in [3.8, 4) is 0 Å². The zero-order chi connectivity index (χ0) is 17.1. The van der Waals surface area contributed by atoms with Crippen molar-refractivity contribution in [1.29, 1.82) is 0 Å². The third kappa shape index (κ3) is 3.47. The highest BCUT2D eigenvalue weighted by Crippen LogP contribution is 2.26. The molecule has 1 aromatic heterocycles. The number of hydrogen-bond acceptors (Lipinski definition) is 3. The SMILES string of the molecule is CN(C)[C@H](CNC(=O)c1csc2ccccc12)c1cccc(F)c1. The maximum Gasteiger partial charge on any atom is 0.252 e. The van der Waals surface area contributed by atoms with E-state index in [-0.39, 0.29) is 17.8 Å². The number of carbonyl (C=O) groups excluding carboxylic acids is 1. The summed E-state index contributed by atoms with van der Waals surface area (Å²) in [5.41, 5.74) is 1.53. The minimum Gasteiger partial charge on any atom is -0.350 e. The first-order chi connectivity index (χ1) is 11.6. The van der Waals surface area contributed by atoms with E-state index in [1.165, 1.54) is 12.1 Å². The van der Waals surface area contributed by atoms with Crippen molar-refractivity contribution in [3.05, 3.63) is 70.9 Å². The van der Waals surface area contributed by atoms with Gasteiger partial charge in [0.05, 0.1) is 11.6 Å². The number of fused-ring (bicyclic) bond motifs is 1. The third-order valence-electron chi connectivity index (χ3n) is 4.04. The second kappa shape index (κ2) is 7.11. The fourth-order valence-electron chi connectivity index (χ4n) is 2.75. The number of amides is 1. The monoisotopic (exact) mass is 342 g/mol. The van der Waals surface area contributed by atoms with Crippen LogP contribution < -0.4 is 5.32 Å². The average Bonchev–Trinajstić information content (AvgIpc) is 2.99. The van der Waals surface area contributed by atoms with Crippen LogP contribution in [0.1, 0.15) is 22.0 Å². The van der Waals surface area contributed by atoms with Crippen LogP contribution in [0.25, 0.3) is 10.1 Å². The van der Waals surface area contributed by atoms with E-state index >= 15 is 0 Å². The van der Waals surface area contributed by atoms with Crippen LogP contribution in [0.5, 0.6) is 0 Å². The predicted octanol–water partition coefficient (Wildman–Crippen LogP) is 4.07. The Morgan fingerprint density at radius 3 is 2.75 bits per heavy atom. The molecule has 0 radical (unpaired) electrons. The van der Waals surface area contributed by atoms with Crippen molar-refractivity contribution in [2.75, 3.05) is 20.6 Å². The molecular weight excluding hydrogens is 323 g/mol. The number of nitrogens with zero attached hydrogens (tertiary/aromatic N) is 1. The number of hydrogen-bond donors (Lipinski definition) is 1. The lowest BCUT2D eigenvalue weighted by atomic mass is 10.1. The van der Waals surface area contributed by atoms with Crippen LogP contribution in [-0.4, -0.2) is 31.4 Å². The number of thiophene rings is 1. The molecule has 0 aliphatic carbocycles. The smallest absolute Gasteiger partial charge is 0.252 e. The molecule has 0 fully saturated rings. The number of likely N-dealkylation sites (N-methyl/N-ethyl adjacent to an activating group) is 1. The third-order valence-corrected chi connectivity index (χ3v) is 5.00. The first kappa shape index (κ1) is 16.6. The minimum absolute atomic E-state index is 0.0884. The summed E-state index contributed by atoms with van der Waals surface area (Å²) < 4.78 is 14.6. The van der Waals surface area contributed by atoms with Crippen molar-refractivity contribution < 1.29 is 9.18 Å². The van der Waals surface area contributed by atoms with E-state index in [1.54, 1.807) is 17.4 Å². The van der Waals surface area contributed by atoms with Gasteiger partial charge in [-0.3, -0.25) is 4.79 Å². The molecule has 0 spiro atoms. The molecule has 3 nitrogen and oxygen atoms in total. The standard InChI is InChI=1S/C19H19FN2OS/c1-22(2)17(13-6-5-7-14(20)10-13)11-21-19(23)16-12-24-18-9-4-3-8-15(16)18/h3-10,12,17H,11H2,1-2H3,(H,21,23)/t17-/m1/s1. The summed E-state index contributed by atoms with van der Waals surface area (Å²) in [5, 5.41) is 5.83. The van der Waals surface area contributed by atoms with Crippen molar-refractivity contribution in [2.45, 2.75) is 6.04 Å². The van der Waals surface area contributed by atoms with Crippen LogP contribution in [0.15, 0.2) is 53.9 Å². The van der Waals surface area contributed by atoms with E-state index in [4.69, 9.17) is 0 Å². The zero-order valence-corrected chi connectivity index (χ0v) is 14.4. The average molecular weight is 342 g/mol. The van der Waals surface area contributed by atoms with Crippen molar-refractivity contribution in [1.82, 2.24) is 10.2 Å². The van der Waals surface area contributed by atoms with E-state index in [9.17, 15) is 9.18 Å². The van der Waals surface area contributed by atoms with Crippen LogP contribution >= 0.6 is 11.3 Å². The molecule has 1 heterocycles. The van der Waals surface area contributed by atoms with Gasteiger partial charge in [0.25, 0.3) is 5.91 Å². The van der Waals surface area contributed by atoms with Gasteiger partial charge in [-0.1, -0.05) is 30.3 Å². The largest absolute Gasteiger partial charge is 0.350 e. The Bertz CT molecular complexity index is 859. The van der Waals surface area contributed by atoms with Crippen LogP contribution in [-0.2, 0) is 0 Å². The maximum atomic E-state index is 13.5. The van der Waals surface area contributed by atoms with E-state index in [1.807, 2.05) is 54.7 Å². The molecule has 3 rings (SSSR count). The second-order valence-electron chi connectivity index (χ2n) is 5.89. The topological polar surface area (TPSA) is 32.3 Å². The van der Waals surface area contributed by atoms with Crippen LogP contribution in [0.2, 0.25) is 0 Å². The van der Waals surface area contributed by atoms with Gasteiger partial charge in [0.2, 0.25) is 0 Å². The molecule has 2 aromatic carbocycles. The number of nitrogens with one attached hydrogen (secondary N) is 1. The van der Waals surface area contributed by atoms with Crippen molar-refractivity contribution >= 4 is 27.3 Å². The first-order valence-corrected chi connectivity index (χ1v) is 8.60. The lowest BCUT2D eigenvalue weighted by molar-refractivity contribution is 0.0944. The zero-order valence-electron chi connectivity index (χ0n) is 13.6. The summed E-state index contributed by atoms with van der Waals surface area (Å²) in [4.78, 5) is 14.5. The summed E-state index contributed by atoms with van der Waals surface area (Å²) in [5.74, 6) is -0.370. The molecule has 24 heavy (non-hydrogen) atoms. The Hall–Kier alpha value is -2.24. The molecule has 0 saturated heterocycles. The predicted molar refractivity (Wildman–Crippen MR) is 97.0 cm³/mol. The maximum absolute atomic E-state index is 13.5. The van der Waals surface area contributed by atoms with E-state index in [0.717, 1.165) is 15.6 Å². The summed E-state index contributed by atoms with van der Waals surface area (Å²) in [6.07, 6.45) is 0. The molecule has 0 saturated carbocycles. The van der Waals surface area contributed by atoms with Gasteiger partial charge in [-0.2, -0.15) is 0 Å². The molecule has 1 N–H and O–H groups in total. The van der Waals surface area contributed by atoms with Crippen LogP contribution in [0.4, 0.5) is 4.39 Å². The van der Waals surface area contributed by atoms with E-state index in [2.05, 4.69) is 5.32 Å². The number of halogens is 1. The Kier molecular flexibility index (Phi) is 4.92. The summed E-state index contributed by atoms with van der Waals surface area (Å²) >= 11 is 1.56. The van der Waals surface area contributed by atoms with Gasteiger partial charge in [0.1, 0.15) is 5.82 Å². The van der Waals surface area contributed by atoms with Crippen LogP contribution in [0.3, 0.4) is 0 Å². The molecule has 0 aliphatic rings. The number of carbonyl (C=O) groups is 1. The summed E-state index contributed by atoms with van der Waals surface area (Å²) in [6.45, 7) is 0.416. The minimum atomic E-state index is -0.269. The molecule has 3 aromatic rings. The fourth-order valence-corrected chi connectivity index (χ4v) is 3.69. The van der Waals surface area contributed by atoms with Crippen molar-refractivity contribution in [3.63, 3.8) is 0 Å². The van der Waals surface area contributed by atoms with Gasteiger partial charge in [-0.25, -0.2) is 4.39 Å². The van der Waals surface area contributed by atoms with Gasteiger partial charge in [0, 0.05) is 22.0 Å². The molecule has 1 amide bonds. The molecule has 0 unspecified atom stereocenters. The van der Waals surface area contributed by atoms with Gasteiger partial charge >= 0.3 is 0 Å². The Morgan fingerprint density at radius 1 is 1.21 bits per heavy atom.